The molecule has 0 aromatic rings. The Kier molecular flexibility index (Phi) is 6.93. The highest BCUT2D eigenvalue weighted by Gasteiger charge is 2.07. The van der Waals surface area contributed by atoms with Crippen LogP contribution in [0.5, 0.6) is 0 Å². The summed E-state index contributed by atoms with van der Waals surface area (Å²) in [6.45, 7) is 8.07. The summed E-state index contributed by atoms with van der Waals surface area (Å²) >= 11 is 0. The average Bonchev–Trinajstić information content (AvgIpc) is 2.38. The molecule has 0 unspecified atom stereocenters. The van der Waals surface area contributed by atoms with Crippen molar-refractivity contribution in [1.29, 1.82) is 0 Å². The molecule has 1 fully saturated rings. The molecule has 1 heterocycles. The van der Waals surface area contributed by atoms with Gasteiger partial charge in [-0.25, -0.2) is 4.99 Å². The van der Waals surface area contributed by atoms with E-state index in [-0.39, 0.29) is 0 Å². The minimum absolute atomic E-state index is 0.461. The minimum atomic E-state index is 0.461. The van der Waals surface area contributed by atoms with Crippen molar-refractivity contribution >= 4 is 13.1 Å². The molecule has 1 saturated heterocycles. The lowest BCUT2D eigenvalue weighted by molar-refractivity contribution is -0.108. The molecule has 0 radical (unpaired) electrons. The van der Waals surface area contributed by atoms with Crippen LogP contribution in [0.2, 0.25) is 0 Å². The van der Waals surface area contributed by atoms with E-state index in [9.17, 15) is 4.79 Å². The van der Waals surface area contributed by atoms with E-state index in [0.717, 1.165) is 39.3 Å². The monoisotopic (exact) mass is 237 g/mol. The maximum Gasteiger partial charge on any atom is 0.212 e. The Morgan fingerprint density at radius 3 is 2.88 bits per heavy atom. The first kappa shape index (κ1) is 13.6. The Hall–Kier alpha value is -1.46. The van der Waals surface area contributed by atoms with Crippen LogP contribution in [-0.4, -0.2) is 50.9 Å². The maximum absolute atomic E-state index is 10.2. The number of rotatable bonds is 7. The van der Waals surface area contributed by atoms with E-state index in [2.05, 4.69) is 21.9 Å². The highest BCUT2D eigenvalue weighted by molar-refractivity contribution is 5.51. The fraction of sp³-hybridized carbons (Fsp3) is 0.500. The Morgan fingerprint density at radius 2 is 2.24 bits per heavy atom. The lowest BCUT2D eigenvalue weighted by atomic mass is 10.3. The number of nitrogens with one attached hydrogen (secondary N) is 1. The first-order valence-electron chi connectivity index (χ1n) is 5.70. The largest absolute Gasteiger partial charge is 0.379 e. The summed E-state index contributed by atoms with van der Waals surface area (Å²) in [6.07, 6.45) is 7.21. The summed E-state index contributed by atoms with van der Waals surface area (Å²) < 4.78 is 5.27. The van der Waals surface area contributed by atoms with Gasteiger partial charge in [0.15, 0.2) is 0 Å². The quantitative estimate of drug-likeness (QED) is 0.400. The summed E-state index contributed by atoms with van der Waals surface area (Å²) in [7, 11) is 0. The molecule has 5 heteroatoms. The second-order valence-corrected chi connectivity index (χ2v) is 3.64. The smallest absolute Gasteiger partial charge is 0.212 e. The predicted octanol–water partition coefficient (Wildman–Crippen LogP) is 0.553. The van der Waals surface area contributed by atoms with Gasteiger partial charge in [-0.1, -0.05) is 12.2 Å². The zero-order valence-electron chi connectivity index (χ0n) is 9.97. The van der Waals surface area contributed by atoms with Gasteiger partial charge >= 0.3 is 0 Å². The molecule has 1 aliphatic heterocycles. The number of morpholine rings is 1. The number of hydrogen-bond donors (Lipinski definition) is 1. The topological polar surface area (TPSA) is 53.9 Å². The number of ether oxygens (including phenoxy) is 1. The maximum atomic E-state index is 10.2. The molecule has 0 spiro atoms. The van der Waals surface area contributed by atoms with E-state index in [1.165, 1.54) is 0 Å². The van der Waals surface area contributed by atoms with Gasteiger partial charge in [-0.3, -0.25) is 9.69 Å². The number of aliphatic imine (C=N–C) groups is 1. The van der Waals surface area contributed by atoms with Crippen molar-refractivity contribution in [3.05, 3.63) is 24.0 Å². The third-order valence-electron chi connectivity index (χ3n) is 2.48. The Labute approximate surface area is 102 Å². The van der Waals surface area contributed by atoms with Gasteiger partial charge in [0, 0.05) is 19.6 Å². The molecule has 1 amide bonds. The lowest BCUT2D eigenvalue weighted by Gasteiger charge is -2.25. The number of amides is 1. The zero-order chi connectivity index (χ0) is 12.3. The van der Waals surface area contributed by atoms with Gasteiger partial charge in [-0.2, -0.15) is 0 Å². The fourth-order valence-corrected chi connectivity index (χ4v) is 1.54. The van der Waals surface area contributed by atoms with Crippen LogP contribution in [0.15, 0.2) is 29.0 Å². The molecule has 0 aromatic heterocycles. The molecule has 1 N–H and O–H groups in total. The number of carbonyl (C=O) groups is 1. The molecule has 0 bridgehead atoms. The second kappa shape index (κ2) is 8.66. The SMILES string of the molecule is C=N/C(=C\C=C/CCN1CCOCC1)NC=O. The van der Waals surface area contributed by atoms with Crippen molar-refractivity contribution in [2.24, 2.45) is 4.99 Å². The van der Waals surface area contributed by atoms with Crippen LogP contribution >= 0.6 is 0 Å². The number of hydrogen-bond acceptors (Lipinski definition) is 4. The van der Waals surface area contributed by atoms with E-state index in [0.29, 0.717) is 12.2 Å². The lowest BCUT2D eigenvalue weighted by Crippen LogP contribution is -2.36. The Balaban J connectivity index is 2.20. The van der Waals surface area contributed by atoms with Gasteiger partial charge in [0.2, 0.25) is 6.41 Å². The highest BCUT2D eigenvalue weighted by Crippen LogP contribution is 1.99. The van der Waals surface area contributed by atoms with Crippen LogP contribution in [0, 0.1) is 0 Å². The van der Waals surface area contributed by atoms with Crippen molar-refractivity contribution < 1.29 is 9.53 Å². The highest BCUT2D eigenvalue weighted by atomic mass is 16.5. The third kappa shape index (κ3) is 5.99. The number of allylic oxidation sites excluding steroid dienone is 2. The minimum Gasteiger partial charge on any atom is -0.379 e. The van der Waals surface area contributed by atoms with Gasteiger partial charge in [0.1, 0.15) is 5.82 Å². The first-order valence-corrected chi connectivity index (χ1v) is 5.70. The van der Waals surface area contributed by atoms with E-state index < -0.39 is 0 Å². The number of nitrogens with zero attached hydrogens (tertiary/aromatic N) is 2. The van der Waals surface area contributed by atoms with Crippen LogP contribution in [0.1, 0.15) is 6.42 Å². The average molecular weight is 237 g/mol. The summed E-state index contributed by atoms with van der Waals surface area (Å²) in [5.41, 5.74) is 0. The fourth-order valence-electron chi connectivity index (χ4n) is 1.54. The van der Waals surface area contributed by atoms with E-state index >= 15 is 0 Å². The van der Waals surface area contributed by atoms with Crippen molar-refractivity contribution in [3.8, 4) is 0 Å². The standard InChI is InChI=1S/C12H19N3O2/c1-13-12(14-11-16)5-3-2-4-6-15-7-9-17-10-8-15/h2-3,5,11H,1,4,6-10H2,(H,14,16)/b3-2-,12-5+. The molecular formula is C12H19N3O2. The van der Waals surface area contributed by atoms with Crippen molar-refractivity contribution in [1.82, 2.24) is 10.2 Å². The van der Waals surface area contributed by atoms with Gasteiger partial charge < -0.3 is 10.1 Å². The number of carbonyl (C=O) groups excluding carboxylic acids is 1. The summed E-state index contributed by atoms with van der Waals surface area (Å²) in [5.74, 6) is 0.461. The van der Waals surface area contributed by atoms with E-state index in [1.54, 1.807) is 6.08 Å². The molecule has 17 heavy (non-hydrogen) atoms. The zero-order valence-corrected chi connectivity index (χ0v) is 9.97. The predicted molar refractivity (Wildman–Crippen MR) is 67.8 cm³/mol. The van der Waals surface area contributed by atoms with Gasteiger partial charge in [-0.05, 0) is 19.2 Å². The Bertz CT molecular complexity index is 294. The van der Waals surface area contributed by atoms with E-state index in [4.69, 9.17) is 4.74 Å². The second-order valence-electron chi connectivity index (χ2n) is 3.64. The van der Waals surface area contributed by atoms with Crippen molar-refractivity contribution in [2.45, 2.75) is 6.42 Å². The van der Waals surface area contributed by atoms with Crippen LogP contribution in [0.4, 0.5) is 0 Å². The summed E-state index contributed by atoms with van der Waals surface area (Å²) in [6, 6.07) is 0. The normalized spacial score (nSPS) is 18.2. The molecule has 1 aliphatic rings. The van der Waals surface area contributed by atoms with Crippen LogP contribution < -0.4 is 5.32 Å². The summed E-state index contributed by atoms with van der Waals surface area (Å²) in [4.78, 5) is 16.2. The molecular weight excluding hydrogens is 218 g/mol. The first-order chi connectivity index (χ1) is 8.36. The van der Waals surface area contributed by atoms with Crippen LogP contribution in [0.3, 0.4) is 0 Å². The summed E-state index contributed by atoms with van der Waals surface area (Å²) in [5, 5.41) is 2.45. The van der Waals surface area contributed by atoms with E-state index in [1.807, 2.05) is 12.2 Å². The van der Waals surface area contributed by atoms with Gasteiger partial charge in [-0.15, -0.1) is 0 Å². The van der Waals surface area contributed by atoms with Crippen LogP contribution in [-0.2, 0) is 9.53 Å². The molecule has 94 valence electrons. The molecule has 5 nitrogen and oxygen atoms in total. The van der Waals surface area contributed by atoms with Crippen molar-refractivity contribution in [3.63, 3.8) is 0 Å². The molecule has 0 aliphatic carbocycles. The Morgan fingerprint density at radius 1 is 1.47 bits per heavy atom. The molecule has 1 rings (SSSR count). The van der Waals surface area contributed by atoms with Gasteiger partial charge in [0.25, 0.3) is 0 Å². The third-order valence-corrected chi connectivity index (χ3v) is 2.48. The van der Waals surface area contributed by atoms with Crippen molar-refractivity contribution in [2.75, 3.05) is 32.8 Å². The molecule has 0 saturated carbocycles. The van der Waals surface area contributed by atoms with Crippen LogP contribution in [0.25, 0.3) is 0 Å². The molecule has 0 atom stereocenters. The van der Waals surface area contributed by atoms with Gasteiger partial charge in [0.05, 0.1) is 13.2 Å². The molecule has 0 aromatic carbocycles.